The summed E-state index contributed by atoms with van der Waals surface area (Å²) in [7, 11) is 0. The number of aromatic nitrogens is 1. The highest BCUT2D eigenvalue weighted by molar-refractivity contribution is 7.11. The van der Waals surface area contributed by atoms with Crippen LogP contribution in [0.5, 0.6) is 0 Å². The molecule has 0 spiro atoms. The summed E-state index contributed by atoms with van der Waals surface area (Å²) < 4.78 is 0. The molecule has 0 saturated heterocycles. The van der Waals surface area contributed by atoms with Gasteiger partial charge in [0.25, 0.3) is 5.91 Å². The second kappa shape index (κ2) is 6.52. The topological polar surface area (TPSA) is 54.0 Å². The van der Waals surface area contributed by atoms with Gasteiger partial charge in [0.2, 0.25) is 0 Å². The molecule has 0 aliphatic carbocycles. The Morgan fingerprint density at radius 3 is 2.80 bits per heavy atom. The molecule has 0 aliphatic heterocycles. The highest BCUT2D eigenvalue weighted by Gasteiger charge is 2.11. The van der Waals surface area contributed by atoms with E-state index in [1.807, 2.05) is 45.2 Å². The summed E-state index contributed by atoms with van der Waals surface area (Å²) in [6.07, 6.45) is 1.82. The van der Waals surface area contributed by atoms with E-state index < -0.39 is 0 Å². The van der Waals surface area contributed by atoms with Gasteiger partial charge in [-0.3, -0.25) is 4.79 Å². The van der Waals surface area contributed by atoms with Gasteiger partial charge < -0.3 is 10.6 Å². The quantitative estimate of drug-likeness (QED) is 0.889. The first-order chi connectivity index (χ1) is 9.60. The van der Waals surface area contributed by atoms with Crippen LogP contribution in [0.15, 0.2) is 24.4 Å². The Hall–Kier alpha value is -1.88. The van der Waals surface area contributed by atoms with Gasteiger partial charge in [-0.05, 0) is 38.5 Å². The van der Waals surface area contributed by atoms with E-state index in [9.17, 15) is 4.79 Å². The van der Waals surface area contributed by atoms with Gasteiger partial charge >= 0.3 is 0 Å². The molecule has 4 nitrogen and oxygen atoms in total. The maximum atomic E-state index is 12.3. The molecule has 1 amide bonds. The Balaban J connectivity index is 2.08. The Morgan fingerprint density at radius 1 is 1.35 bits per heavy atom. The van der Waals surface area contributed by atoms with Crippen molar-refractivity contribution < 1.29 is 4.79 Å². The smallest absolute Gasteiger partial charge is 0.253 e. The number of nitrogens with zero attached hydrogens (tertiary/aromatic N) is 1. The van der Waals surface area contributed by atoms with E-state index in [2.05, 4.69) is 15.6 Å². The second-order valence-electron chi connectivity index (χ2n) is 4.63. The predicted octanol–water partition coefficient (Wildman–Crippen LogP) is 3.12. The SMILES string of the molecule is CCNc1cc(C)ccc1C(=O)NCc1ncc(C)s1. The lowest BCUT2D eigenvalue weighted by Crippen LogP contribution is -2.24. The third-order valence-corrected chi connectivity index (χ3v) is 3.77. The molecule has 0 aliphatic rings. The van der Waals surface area contributed by atoms with Crippen LogP contribution < -0.4 is 10.6 Å². The number of hydrogen-bond acceptors (Lipinski definition) is 4. The molecule has 0 atom stereocenters. The molecule has 5 heteroatoms. The first kappa shape index (κ1) is 14.5. The Morgan fingerprint density at radius 2 is 2.15 bits per heavy atom. The average Bonchev–Trinajstić information content (AvgIpc) is 2.82. The van der Waals surface area contributed by atoms with Gasteiger partial charge in [0.15, 0.2) is 0 Å². The number of benzene rings is 1. The van der Waals surface area contributed by atoms with Crippen molar-refractivity contribution in [2.75, 3.05) is 11.9 Å². The highest BCUT2D eigenvalue weighted by atomic mass is 32.1. The van der Waals surface area contributed by atoms with E-state index in [0.717, 1.165) is 27.7 Å². The lowest BCUT2D eigenvalue weighted by molar-refractivity contribution is 0.0951. The van der Waals surface area contributed by atoms with Gasteiger partial charge in [0.05, 0.1) is 12.1 Å². The summed E-state index contributed by atoms with van der Waals surface area (Å²) in [5.41, 5.74) is 2.68. The zero-order chi connectivity index (χ0) is 14.5. The Bertz CT molecular complexity index is 607. The van der Waals surface area contributed by atoms with Crippen LogP contribution in [0.3, 0.4) is 0 Å². The number of amides is 1. The van der Waals surface area contributed by atoms with E-state index in [1.165, 1.54) is 0 Å². The molecule has 0 saturated carbocycles. The molecule has 106 valence electrons. The highest BCUT2D eigenvalue weighted by Crippen LogP contribution is 2.18. The maximum Gasteiger partial charge on any atom is 0.253 e. The van der Waals surface area contributed by atoms with Crippen molar-refractivity contribution in [3.05, 3.63) is 45.4 Å². The summed E-state index contributed by atoms with van der Waals surface area (Å²) in [5, 5.41) is 7.07. The van der Waals surface area contributed by atoms with Gasteiger partial charge in [0.1, 0.15) is 5.01 Å². The third-order valence-electron chi connectivity index (χ3n) is 2.86. The van der Waals surface area contributed by atoms with Crippen LogP contribution in [0.1, 0.15) is 32.7 Å². The number of carbonyl (C=O) groups excluding carboxylic acids is 1. The molecule has 2 aromatic rings. The zero-order valence-electron chi connectivity index (χ0n) is 12.0. The van der Waals surface area contributed by atoms with Gasteiger partial charge in [-0.2, -0.15) is 0 Å². The minimum absolute atomic E-state index is 0.0752. The second-order valence-corrected chi connectivity index (χ2v) is 5.95. The first-order valence-electron chi connectivity index (χ1n) is 6.64. The van der Waals surface area contributed by atoms with Crippen molar-refractivity contribution in [2.45, 2.75) is 27.3 Å². The van der Waals surface area contributed by atoms with E-state index in [1.54, 1.807) is 11.3 Å². The molecular formula is C15H19N3OS. The largest absolute Gasteiger partial charge is 0.385 e. The van der Waals surface area contributed by atoms with E-state index >= 15 is 0 Å². The molecule has 0 radical (unpaired) electrons. The summed E-state index contributed by atoms with van der Waals surface area (Å²) in [5.74, 6) is -0.0752. The molecular weight excluding hydrogens is 270 g/mol. The van der Waals surface area contributed by atoms with Crippen molar-refractivity contribution in [1.82, 2.24) is 10.3 Å². The van der Waals surface area contributed by atoms with Crippen LogP contribution >= 0.6 is 11.3 Å². The van der Waals surface area contributed by atoms with Crippen LogP contribution in [0.4, 0.5) is 5.69 Å². The fourth-order valence-corrected chi connectivity index (χ4v) is 2.65. The molecule has 0 fully saturated rings. The zero-order valence-corrected chi connectivity index (χ0v) is 12.8. The molecule has 1 heterocycles. The number of nitrogens with one attached hydrogen (secondary N) is 2. The number of aryl methyl sites for hydroxylation is 2. The average molecular weight is 289 g/mol. The van der Waals surface area contributed by atoms with Crippen molar-refractivity contribution in [3.63, 3.8) is 0 Å². The summed E-state index contributed by atoms with van der Waals surface area (Å²) >= 11 is 1.60. The normalized spacial score (nSPS) is 10.3. The fourth-order valence-electron chi connectivity index (χ4n) is 1.93. The minimum Gasteiger partial charge on any atom is -0.385 e. The minimum atomic E-state index is -0.0752. The van der Waals surface area contributed by atoms with Crippen LogP contribution in [-0.2, 0) is 6.54 Å². The van der Waals surface area contributed by atoms with Crippen molar-refractivity contribution >= 4 is 22.9 Å². The maximum absolute atomic E-state index is 12.3. The molecule has 1 aromatic carbocycles. The van der Waals surface area contributed by atoms with Crippen molar-refractivity contribution in [2.24, 2.45) is 0 Å². The van der Waals surface area contributed by atoms with Crippen LogP contribution in [0.25, 0.3) is 0 Å². The van der Waals surface area contributed by atoms with Gasteiger partial charge in [-0.15, -0.1) is 11.3 Å². The lowest BCUT2D eigenvalue weighted by Gasteiger charge is -2.11. The molecule has 0 bridgehead atoms. The van der Waals surface area contributed by atoms with Gasteiger partial charge in [-0.25, -0.2) is 4.98 Å². The van der Waals surface area contributed by atoms with Crippen molar-refractivity contribution in [1.29, 1.82) is 0 Å². The Kier molecular flexibility index (Phi) is 4.74. The number of hydrogen-bond donors (Lipinski definition) is 2. The number of carbonyl (C=O) groups is 1. The van der Waals surface area contributed by atoms with E-state index in [-0.39, 0.29) is 5.91 Å². The number of rotatable bonds is 5. The van der Waals surface area contributed by atoms with E-state index in [0.29, 0.717) is 12.1 Å². The standard InChI is InChI=1S/C15H19N3OS/c1-4-16-13-7-10(2)5-6-12(13)15(19)18-9-14-17-8-11(3)20-14/h5-8,16H,4,9H2,1-3H3,(H,18,19). The molecule has 2 N–H and O–H groups in total. The summed E-state index contributed by atoms with van der Waals surface area (Å²) in [6.45, 7) is 7.29. The Labute approximate surface area is 123 Å². The van der Waals surface area contributed by atoms with Crippen LogP contribution in [0, 0.1) is 13.8 Å². The van der Waals surface area contributed by atoms with Crippen LogP contribution in [-0.4, -0.2) is 17.4 Å². The molecule has 1 aromatic heterocycles. The van der Waals surface area contributed by atoms with Gasteiger partial charge in [-0.1, -0.05) is 6.07 Å². The lowest BCUT2D eigenvalue weighted by atomic mass is 10.1. The summed E-state index contributed by atoms with van der Waals surface area (Å²) in [4.78, 5) is 17.7. The molecule has 2 rings (SSSR count). The van der Waals surface area contributed by atoms with Crippen molar-refractivity contribution in [3.8, 4) is 0 Å². The molecule has 0 unspecified atom stereocenters. The van der Waals surface area contributed by atoms with Crippen LogP contribution in [0.2, 0.25) is 0 Å². The predicted molar refractivity (Wildman–Crippen MR) is 83.4 cm³/mol. The summed E-state index contributed by atoms with van der Waals surface area (Å²) in [6, 6.07) is 5.80. The molecule has 20 heavy (non-hydrogen) atoms. The monoisotopic (exact) mass is 289 g/mol. The van der Waals surface area contributed by atoms with Gasteiger partial charge in [0, 0.05) is 23.3 Å². The van der Waals surface area contributed by atoms with E-state index in [4.69, 9.17) is 0 Å². The third kappa shape index (κ3) is 3.57. The number of anilines is 1. The first-order valence-corrected chi connectivity index (χ1v) is 7.46. The number of thiazole rings is 1. The fraction of sp³-hybridized carbons (Fsp3) is 0.333.